The molecule has 0 aromatic heterocycles. The number of para-hydroxylation sites is 1. The van der Waals surface area contributed by atoms with Gasteiger partial charge in [0, 0.05) is 11.5 Å². The minimum absolute atomic E-state index is 0.0285. The lowest BCUT2D eigenvalue weighted by Crippen LogP contribution is -2.32. The van der Waals surface area contributed by atoms with Gasteiger partial charge in [0.05, 0.1) is 24.4 Å². The van der Waals surface area contributed by atoms with E-state index in [1.54, 1.807) is 19.2 Å². The molecule has 5 nitrogen and oxygen atoms in total. The Kier molecular flexibility index (Phi) is 4.47. The summed E-state index contributed by atoms with van der Waals surface area (Å²) >= 11 is 0. The minimum atomic E-state index is -0.961. The minimum Gasteiger partial charge on any atom is -0.497 e. The number of carbonyl (C=O) groups excluding carboxylic acids is 2. The van der Waals surface area contributed by atoms with Crippen LogP contribution in [0.5, 0.6) is 5.75 Å². The van der Waals surface area contributed by atoms with Crippen molar-refractivity contribution in [1.29, 1.82) is 0 Å². The molecule has 1 aliphatic carbocycles. The molecule has 0 unspecified atom stereocenters. The highest BCUT2D eigenvalue weighted by molar-refractivity contribution is 6.27. The van der Waals surface area contributed by atoms with Gasteiger partial charge in [-0.1, -0.05) is 60.7 Å². The number of nitrogens with zero attached hydrogens (tertiary/aromatic N) is 2. The van der Waals surface area contributed by atoms with Crippen molar-refractivity contribution in [3.8, 4) is 5.75 Å². The normalized spacial score (nSPS) is 24.3. The molecule has 1 spiro atoms. The molecule has 0 radical (unpaired) electrons. The Labute approximate surface area is 181 Å². The van der Waals surface area contributed by atoms with E-state index in [1.165, 1.54) is 5.01 Å². The molecule has 2 aliphatic rings. The van der Waals surface area contributed by atoms with E-state index in [0.717, 1.165) is 11.3 Å². The molecule has 3 aromatic rings. The third-order valence-corrected chi connectivity index (χ3v) is 6.42. The maximum absolute atomic E-state index is 13.8. The summed E-state index contributed by atoms with van der Waals surface area (Å²) in [7, 11) is 1.62. The number of anilines is 1. The maximum atomic E-state index is 13.8. The zero-order valence-electron chi connectivity index (χ0n) is 17.4. The highest BCUT2D eigenvalue weighted by Crippen LogP contribution is 2.69. The van der Waals surface area contributed by atoms with Crippen LogP contribution in [0.4, 0.5) is 5.69 Å². The predicted molar refractivity (Wildman–Crippen MR) is 119 cm³/mol. The lowest BCUT2D eigenvalue weighted by Gasteiger charge is -2.15. The van der Waals surface area contributed by atoms with E-state index in [4.69, 9.17) is 4.74 Å². The Bertz CT molecular complexity index is 1170. The molecule has 1 saturated carbocycles. The lowest BCUT2D eigenvalue weighted by molar-refractivity contribution is -0.121. The van der Waals surface area contributed by atoms with Gasteiger partial charge in [-0.05, 0) is 36.8 Å². The molecule has 0 bridgehead atoms. The van der Waals surface area contributed by atoms with Crippen LogP contribution in [0, 0.1) is 11.3 Å². The molecular formula is C26H22N2O3. The van der Waals surface area contributed by atoms with Crippen LogP contribution in [0.15, 0.2) is 90.0 Å². The van der Waals surface area contributed by atoms with Crippen molar-refractivity contribution in [2.24, 2.45) is 16.4 Å². The van der Waals surface area contributed by atoms with E-state index in [2.05, 4.69) is 5.10 Å². The van der Waals surface area contributed by atoms with Gasteiger partial charge in [-0.15, -0.1) is 0 Å². The number of carbonyl (C=O) groups is 2. The van der Waals surface area contributed by atoms with Crippen molar-refractivity contribution in [1.82, 2.24) is 0 Å². The van der Waals surface area contributed by atoms with Crippen molar-refractivity contribution in [2.75, 3.05) is 12.1 Å². The summed E-state index contributed by atoms with van der Waals surface area (Å²) in [6, 6.07) is 26.2. The van der Waals surface area contributed by atoms with Crippen LogP contribution in [0.2, 0.25) is 0 Å². The third-order valence-electron chi connectivity index (χ3n) is 6.42. The van der Waals surface area contributed by atoms with Crippen LogP contribution in [0.25, 0.3) is 0 Å². The lowest BCUT2D eigenvalue weighted by atomic mass is 9.92. The molecule has 1 heterocycles. The van der Waals surface area contributed by atoms with E-state index >= 15 is 0 Å². The van der Waals surface area contributed by atoms with Crippen molar-refractivity contribution in [3.63, 3.8) is 0 Å². The van der Waals surface area contributed by atoms with Crippen LogP contribution in [-0.4, -0.2) is 24.5 Å². The molecule has 31 heavy (non-hydrogen) atoms. The Morgan fingerprint density at radius 2 is 1.55 bits per heavy atom. The van der Waals surface area contributed by atoms with Crippen molar-refractivity contribution < 1.29 is 14.3 Å². The van der Waals surface area contributed by atoms with Gasteiger partial charge < -0.3 is 4.74 Å². The molecule has 0 saturated heterocycles. The largest absolute Gasteiger partial charge is 0.497 e. The topological polar surface area (TPSA) is 59.0 Å². The van der Waals surface area contributed by atoms with E-state index < -0.39 is 11.3 Å². The van der Waals surface area contributed by atoms with Gasteiger partial charge in [0.15, 0.2) is 5.78 Å². The Balaban J connectivity index is 1.59. The number of Topliss-reactive ketones (excluding diaryl/α,β-unsaturated/α-hetero) is 1. The number of hydrogen-bond donors (Lipinski definition) is 0. The average Bonchev–Trinajstić information content (AvgIpc) is 3.47. The molecular weight excluding hydrogens is 388 g/mol. The fraction of sp³-hybridized carbons (Fsp3) is 0.192. The molecule has 5 heteroatoms. The first kappa shape index (κ1) is 19.2. The number of benzene rings is 3. The van der Waals surface area contributed by atoms with E-state index in [1.807, 2.05) is 79.7 Å². The van der Waals surface area contributed by atoms with Gasteiger partial charge in [-0.3, -0.25) is 9.59 Å². The zero-order valence-corrected chi connectivity index (χ0v) is 17.4. The number of methoxy groups -OCH3 is 1. The molecule has 1 fully saturated rings. The average molecular weight is 410 g/mol. The van der Waals surface area contributed by atoms with Crippen LogP contribution in [0.3, 0.4) is 0 Å². The fourth-order valence-electron chi connectivity index (χ4n) is 4.86. The first-order valence-electron chi connectivity index (χ1n) is 10.3. The van der Waals surface area contributed by atoms with Crippen molar-refractivity contribution in [2.45, 2.75) is 12.8 Å². The van der Waals surface area contributed by atoms with Gasteiger partial charge >= 0.3 is 0 Å². The summed E-state index contributed by atoms with van der Waals surface area (Å²) in [4.78, 5) is 27.3. The maximum Gasteiger partial charge on any atom is 0.260 e. The van der Waals surface area contributed by atoms with E-state index in [0.29, 0.717) is 17.0 Å². The van der Waals surface area contributed by atoms with Crippen LogP contribution in [0.1, 0.15) is 28.8 Å². The number of amides is 1. The van der Waals surface area contributed by atoms with Crippen LogP contribution >= 0.6 is 0 Å². The second-order valence-corrected chi connectivity index (χ2v) is 7.97. The highest BCUT2D eigenvalue weighted by atomic mass is 16.5. The van der Waals surface area contributed by atoms with Gasteiger partial charge in [0.25, 0.3) is 5.91 Å². The molecule has 3 atom stereocenters. The standard InChI is InChI=1S/C26H22N2O3/c1-17-26(25(30)28(27-17)20-11-7-4-8-12-20)22(18-13-15-21(31-2)16-14-18)23(26)24(29)19-9-5-3-6-10-19/h3-16,22-23H,1-2H3/t22-,23+,26-/m1/s1. The van der Waals surface area contributed by atoms with Crippen molar-refractivity contribution in [3.05, 3.63) is 96.1 Å². The first-order chi connectivity index (χ1) is 15.1. The number of ether oxygens (including phenoxy) is 1. The summed E-state index contributed by atoms with van der Waals surface area (Å²) in [6.07, 6.45) is 0. The second-order valence-electron chi connectivity index (χ2n) is 7.97. The second kappa shape index (κ2) is 7.20. The molecule has 1 amide bonds. The fourth-order valence-corrected chi connectivity index (χ4v) is 4.86. The number of hydrogen-bond acceptors (Lipinski definition) is 4. The number of hydrazone groups is 1. The van der Waals surface area contributed by atoms with Gasteiger partial charge in [-0.25, -0.2) is 0 Å². The third kappa shape index (κ3) is 2.81. The Morgan fingerprint density at radius 1 is 0.935 bits per heavy atom. The van der Waals surface area contributed by atoms with Gasteiger partial charge in [-0.2, -0.15) is 10.1 Å². The molecule has 5 rings (SSSR count). The van der Waals surface area contributed by atoms with Gasteiger partial charge in [0.2, 0.25) is 0 Å². The SMILES string of the molecule is COc1ccc([C@@H]2[C@@H](C(=O)c3ccccc3)[C@]23C(=O)N(c2ccccc2)N=C3C)cc1. The van der Waals surface area contributed by atoms with Crippen LogP contribution in [-0.2, 0) is 4.79 Å². The quantitative estimate of drug-likeness (QED) is 0.573. The Morgan fingerprint density at radius 3 is 2.16 bits per heavy atom. The zero-order chi connectivity index (χ0) is 21.6. The summed E-state index contributed by atoms with van der Waals surface area (Å²) in [5.74, 6) is -0.201. The molecule has 154 valence electrons. The number of rotatable bonds is 5. The van der Waals surface area contributed by atoms with Crippen LogP contribution < -0.4 is 9.75 Å². The smallest absolute Gasteiger partial charge is 0.260 e. The monoisotopic (exact) mass is 410 g/mol. The van der Waals surface area contributed by atoms with Crippen molar-refractivity contribution >= 4 is 23.1 Å². The van der Waals surface area contributed by atoms with Gasteiger partial charge in [0.1, 0.15) is 11.2 Å². The summed E-state index contributed by atoms with van der Waals surface area (Å²) in [5.41, 5.74) is 1.97. The summed E-state index contributed by atoms with van der Waals surface area (Å²) < 4.78 is 5.28. The summed E-state index contributed by atoms with van der Waals surface area (Å²) in [5, 5.41) is 6.06. The molecule has 0 N–H and O–H groups in total. The highest BCUT2D eigenvalue weighted by Gasteiger charge is 2.77. The van der Waals surface area contributed by atoms with E-state index in [-0.39, 0.29) is 17.6 Å². The Hall–Kier alpha value is -3.73. The number of ketones is 1. The molecule has 3 aromatic carbocycles. The molecule has 1 aliphatic heterocycles. The first-order valence-corrected chi connectivity index (χ1v) is 10.3. The van der Waals surface area contributed by atoms with E-state index in [9.17, 15) is 9.59 Å². The predicted octanol–water partition coefficient (Wildman–Crippen LogP) is 4.70. The summed E-state index contributed by atoms with van der Waals surface area (Å²) in [6.45, 7) is 1.86.